The maximum atomic E-state index is 11.6. The van der Waals surface area contributed by atoms with E-state index in [9.17, 15) is 9.59 Å². The fourth-order valence-electron chi connectivity index (χ4n) is 1.90. The molecule has 0 saturated heterocycles. The predicted molar refractivity (Wildman–Crippen MR) is 66.8 cm³/mol. The molecule has 0 aliphatic carbocycles. The first-order valence-corrected chi connectivity index (χ1v) is 6.59. The summed E-state index contributed by atoms with van der Waals surface area (Å²) in [5, 5.41) is 0. The van der Waals surface area contributed by atoms with E-state index in [4.69, 9.17) is 9.47 Å². The maximum absolute atomic E-state index is 11.6. The third-order valence-corrected chi connectivity index (χ3v) is 4.00. The SMILES string of the molecule is CCOC(=O)N1CCc2sc(C(=O)OC)cc2C1. The van der Waals surface area contributed by atoms with Gasteiger partial charge in [-0.2, -0.15) is 0 Å². The molecule has 0 aromatic carbocycles. The molecule has 0 N–H and O–H groups in total. The molecule has 5 nitrogen and oxygen atoms in total. The van der Waals surface area contributed by atoms with Crippen LogP contribution in [0.5, 0.6) is 0 Å². The van der Waals surface area contributed by atoms with Gasteiger partial charge in [0.25, 0.3) is 0 Å². The first kappa shape index (κ1) is 12.9. The van der Waals surface area contributed by atoms with Gasteiger partial charge in [-0.25, -0.2) is 9.59 Å². The van der Waals surface area contributed by atoms with Gasteiger partial charge >= 0.3 is 12.1 Å². The fourth-order valence-corrected chi connectivity index (χ4v) is 2.99. The highest BCUT2D eigenvalue weighted by molar-refractivity contribution is 7.14. The molecule has 2 heterocycles. The van der Waals surface area contributed by atoms with Gasteiger partial charge in [0, 0.05) is 11.4 Å². The molecular formula is C12H15NO4S. The Balaban J connectivity index is 2.12. The van der Waals surface area contributed by atoms with Crippen LogP contribution in [0.1, 0.15) is 27.0 Å². The molecule has 1 aromatic heterocycles. The van der Waals surface area contributed by atoms with Gasteiger partial charge in [-0.3, -0.25) is 0 Å². The largest absolute Gasteiger partial charge is 0.465 e. The van der Waals surface area contributed by atoms with Crippen molar-refractivity contribution in [3.63, 3.8) is 0 Å². The van der Waals surface area contributed by atoms with Crippen molar-refractivity contribution < 1.29 is 19.1 Å². The van der Waals surface area contributed by atoms with Gasteiger partial charge in [0.05, 0.1) is 20.3 Å². The lowest BCUT2D eigenvalue weighted by atomic mass is 10.1. The summed E-state index contributed by atoms with van der Waals surface area (Å²) in [7, 11) is 1.37. The summed E-state index contributed by atoms with van der Waals surface area (Å²) in [4.78, 5) is 26.4. The fraction of sp³-hybridized carbons (Fsp3) is 0.500. The first-order chi connectivity index (χ1) is 8.65. The molecule has 1 aliphatic rings. The summed E-state index contributed by atoms with van der Waals surface area (Å²) in [6, 6.07) is 1.80. The van der Waals surface area contributed by atoms with Crippen LogP contribution in [-0.2, 0) is 22.4 Å². The summed E-state index contributed by atoms with van der Waals surface area (Å²) in [5.74, 6) is -0.322. The number of amides is 1. The Morgan fingerprint density at radius 2 is 2.28 bits per heavy atom. The zero-order valence-electron chi connectivity index (χ0n) is 10.4. The second-order valence-electron chi connectivity index (χ2n) is 3.92. The summed E-state index contributed by atoms with van der Waals surface area (Å²) in [5.41, 5.74) is 1.01. The summed E-state index contributed by atoms with van der Waals surface area (Å²) < 4.78 is 9.66. The van der Waals surface area contributed by atoms with Gasteiger partial charge < -0.3 is 14.4 Å². The average molecular weight is 269 g/mol. The van der Waals surface area contributed by atoms with E-state index in [1.165, 1.54) is 18.4 Å². The number of rotatable bonds is 2. The van der Waals surface area contributed by atoms with E-state index in [1.807, 2.05) is 0 Å². The number of ether oxygens (including phenoxy) is 2. The normalized spacial score (nSPS) is 14.0. The highest BCUT2D eigenvalue weighted by Gasteiger charge is 2.25. The van der Waals surface area contributed by atoms with Gasteiger partial charge in [-0.15, -0.1) is 11.3 Å². The van der Waals surface area contributed by atoms with Crippen LogP contribution < -0.4 is 0 Å². The third-order valence-electron chi connectivity index (χ3n) is 2.78. The van der Waals surface area contributed by atoms with E-state index in [0.29, 0.717) is 24.6 Å². The highest BCUT2D eigenvalue weighted by atomic mass is 32.1. The number of carbonyl (C=O) groups is 2. The van der Waals surface area contributed by atoms with E-state index >= 15 is 0 Å². The van der Waals surface area contributed by atoms with E-state index in [2.05, 4.69) is 0 Å². The lowest BCUT2D eigenvalue weighted by molar-refractivity contribution is 0.0606. The molecule has 0 unspecified atom stereocenters. The number of esters is 1. The predicted octanol–water partition coefficient (Wildman–Crippen LogP) is 2.05. The minimum Gasteiger partial charge on any atom is -0.465 e. The molecule has 98 valence electrons. The number of carbonyl (C=O) groups excluding carboxylic acids is 2. The molecule has 0 atom stereocenters. The number of fused-ring (bicyclic) bond motifs is 1. The highest BCUT2D eigenvalue weighted by Crippen LogP contribution is 2.28. The van der Waals surface area contributed by atoms with Crippen molar-refractivity contribution in [1.82, 2.24) is 4.90 Å². The van der Waals surface area contributed by atoms with E-state index in [-0.39, 0.29) is 12.1 Å². The van der Waals surface area contributed by atoms with Gasteiger partial charge in [0.15, 0.2) is 0 Å². The van der Waals surface area contributed by atoms with Crippen molar-refractivity contribution in [3.05, 3.63) is 21.4 Å². The molecule has 1 aromatic rings. The summed E-state index contributed by atoms with van der Waals surface area (Å²) in [6.07, 6.45) is 0.462. The number of thiophene rings is 1. The number of hydrogen-bond donors (Lipinski definition) is 0. The maximum Gasteiger partial charge on any atom is 0.410 e. The molecule has 0 spiro atoms. The minimum absolute atomic E-state index is 0.297. The van der Waals surface area contributed by atoms with Crippen molar-refractivity contribution in [2.24, 2.45) is 0 Å². The Morgan fingerprint density at radius 1 is 1.50 bits per heavy atom. The average Bonchev–Trinajstić information content (AvgIpc) is 2.80. The van der Waals surface area contributed by atoms with Crippen LogP contribution in [0.4, 0.5) is 4.79 Å². The molecule has 0 fully saturated rings. The molecule has 1 amide bonds. The molecule has 6 heteroatoms. The van der Waals surface area contributed by atoms with Gasteiger partial charge in [-0.05, 0) is 25.0 Å². The van der Waals surface area contributed by atoms with Crippen LogP contribution >= 0.6 is 11.3 Å². The van der Waals surface area contributed by atoms with Crippen molar-refractivity contribution >= 4 is 23.4 Å². The molecule has 0 radical (unpaired) electrons. The minimum atomic E-state index is -0.322. The monoisotopic (exact) mass is 269 g/mol. The van der Waals surface area contributed by atoms with Crippen molar-refractivity contribution in [2.45, 2.75) is 19.9 Å². The van der Waals surface area contributed by atoms with Gasteiger partial charge in [0.1, 0.15) is 4.88 Å². The van der Waals surface area contributed by atoms with E-state index < -0.39 is 0 Å². The zero-order valence-corrected chi connectivity index (χ0v) is 11.2. The standard InChI is InChI=1S/C12H15NO4S/c1-3-17-12(15)13-5-4-9-8(7-13)6-10(18-9)11(14)16-2/h6H,3-5,7H2,1-2H3. The topological polar surface area (TPSA) is 55.8 Å². The Kier molecular flexibility index (Phi) is 3.86. The van der Waals surface area contributed by atoms with Crippen LogP contribution in [0, 0.1) is 0 Å². The second-order valence-corrected chi connectivity index (χ2v) is 5.06. The zero-order chi connectivity index (χ0) is 13.1. The Morgan fingerprint density at radius 3 is 2.94 bits per heavy atom. The van der Waals surface area contributed by atoms with Crippen LogP contribution in [0.2, 0.25) is 0 Å². The van der Waals surface area contributed by atoms with Gasteiger partial charge in [-0.1, -0.05) is 0 Å². The summed E-state index contributed by atoms with van der Waals surface area (Å²) >= 11 is 1.44. The van der Waals surface area contributed by atoms with Crippen LogP contribution in [0.3, 0.4) is 0 Å². The van der Waals surface area contributed by atoms with Gasteiger partial charge in [0.2, 0.25) is 0 Å². The van der Waals surface area contributed by atoms with Crippen molar-refractivity contribution in [1.29, 1.82) is 0 Å². The Bertz CT molecular complexity index is 469. The molecule has 0 bridgehead atoms. The summed E-state index contributed by atoms with van der Waals surface area (Å²) in [6.45, 7) is 3.29. The van der Waals surface area contributed by atoms with Crippen LogP contribution in [0.25, 0.3) is 0 Å². The van der Waals surface area contributed by atoms with Crippen molar-refractivity contribution in [3.8, 4) is 0 Å². The molecule has 0 saturated carbocycles. The number of hydrogen-bond acceptors (Lipinski definition) is 5. The van der Waals surface area contributed by atoms with E-state index in [1.54, 1.807) is 17.9 Å². The Labute approximate surface area is 109 Å². The molecular weight excluding hydrogens is 254 g/mol. The van der Waals surface area contributed by atoms with E-state index in [0.717, 1.165) is 16.9 Å². The van der Waals surface area contributed by atoms with Crippen molar-refractivity contribution in [2.75, 3.05) is 20.3 Å². The van der Waals surface area contributed by atoms with Crippen LogP contribution in [-0.4, -0.2) is 37.2 Å². The third kappa shape index (κ3) is 2.48. The molecule has 18 heavy (non-hydrogen) atoms. The number of nitrogens with zero attached hydrogens (tertiary/aromatic N) is 1. The number of methoxy groups -OCH3 is 1. The second kappa shape index (κ2) is 5.39. The lowest BCUT2D eigenvalue weighted by Crippen LogP contribution is -2.35. The smallest absolute Gasteiger partial charge is 0.410 e. The first-order valence-electron chi connectivity index (χ1n) is 5.77. The quantitative estimate of drug-likeness (QED) is 0.771. The Hall–Kier alpha value is -1.56. The lowest BCUT2D eigenvalue weighted by Gasteiger charge is -2.25. The molecule has 2 rings (SSSR count). The van der Waals surface area contributed by atoms with Crippen LogP contribution in [0.15, 0.2) is 6.07 Å². The molecule has 1 aliphatic heterocycles.